The number of rotatable bonds is 6. The quantitative estimate of drug-likeness (QED) is 0.718. The lowest BCUT2D eigenvalue weighted by Crippen LogP contribution is -1.98. The zero-order chi connectivity index (χ0) is 16.8. The first-order chi connectivity index (χ1) is 11.8. The van der Waals surface area contributed by atoms with Gasteiger partial charge >= 0.3 is 0 Å². The van der Waals surface area contributed by atoms with Crippen LogP contribution in [0, 0.1) is 5.82 Å². The maximum absolute atomic E-state index is 13.8. The van der Waals surface area contributed by atoms with E-state index in [9.17, 15) is 4.39 Å². The van der Waals surface area contributed by atoms with Gasteiger partial charge in [0.15, 0.2) is 0 Å². The van der Waals surface area contributed by atoms with Crippen LogP contribution in [0.15, 0.2) is 72.8 Å². The molecule has 0 saturated carbocycles. The third kappa shape index (κ3) is 3.81. The maximum atomic E-state index is 13.8. The van der Waals surface area contributed by atoms with Crippen LogP contribution in [-0.2, 0) is 13.0 Å². The van der Waals surface area contributed by atoms with Crippen LogP contribution in [0.1, 0.15) is 11.1 Å². The highest BCUT2D eigenvalue weighted by molar-refractivity contribution is 5.71. The fourth-order valence-corrected chi connectivity index (χ4v) is 2.62. The molecule has 0 saturated heterocycles. The highest BCUT2D eigenvalue weighted by Crippen LogP contribution is 2.31. The molecule has 3 aromatic carbocycles. The van der Waals surface area contributed by atoms with Gasteiger partial charge in [-0.2, -0.15) is 0 Å². The van der Waals surface area contributed by atoms with Gasteiger partial charge in [-0.1, -0.05) is 54.6 Å². The molecule has 2 nitrogen and oxygen atoms in total. The van der Waals surface area contributed by atoms with Gasteiger partial charge < -0.3 is 9.84 Å². The number of halogens is 1. The fourth-order valence-electron chi connectivity index (χ4n) is 2.62. The third-order valence-electron chi connectivity index (χ3n) is 3.86. The summed E-state index contributed by atoms with van der Waals surface area (Å²) in [5.74, 6) is 0.457. The lowest BCUT2D eigenvalue weighted by molar-refractivity contribution is 0.297. The molecule has 0 radical (unpaired) electrons. The summed E-state index contributed by atoms with van der Waals surface area (Å²) in [7, 11) is 0. The van der Waals surface area contributed by atoms with E-state index in [0.717, 1.165) is 22.4 Å². The minimum atomic E-state index is -0.296. The molecule has 0 aliphatic rings. The summed E-state index contributed by atoms with van der Waals surface area (Å²) in [4.78, 5) is 0. The van der Waals surface area contributed by atoms with Gasteiger partial charge in [-0.05, 0) is 41.3 Å². The normalized spacial score (nSPS) is 10.6. The summed E-state index contributed by atoms with van der Waals surface area (Å²) in [5, 5.41) is 9.08. The van der Waals surface area contributed by atoms with Crippen LogP contribution in [0.5, 0.6) is 5.75 Å². The van der Waals surface area contributed by atoms with Crippen molar-refractivity contribution in [2.24, 2.45) is 0 Å². The Labute approximate surface area is 141 Å². The molecule has 0 fully saturated rings. The van der Waals surface area contributed by atoms with Crippen LogP contribution in [0.4, 0.5) is 4.39 Å². The monoisotopic (exact) mass is 322 g/mol. The molecule has 0 aliphatic carbocycles. The van der Waals surface area contributed by atoms with E-state index in [1.54, 1.807) is 12.1 Å². The number of ether oxygens (including phenoxy) is 1. The van der Waals surface area contributed by atoms with E-state index in [0.29, 0.717) is 18.6 Å². The van der Waals surface area contributed by atoms with Gasteiger partial charge in [-0.25, -0.2) is 4.39 Å². The number of aliphatic hydroxyl groups excluding tert-OH is 1. The average Bonchev–Trinajstić information content (AvgIpc) is 2.63. The summed E-state index contributed by atoms with van der Waals surface area (Å²) in [5.41, 5.74) is 3.39. The molecule has 0 amide bonds. The summed E-state index contributed by atoms with van der Waals surface area (Å²) in [6, 6.07) is 22.6. The van der Waals surface area contributed by atoms with Crippen molar-refractivity contribution in [3.63, 3.8) is 0 Å². The smallest absolute Gasteiger partial charge is 0.127 e. The van der Waals surface area contributed by atoms with E-state index in [1.165, 1.54) is 6.07 Å². The van der Waals surface area contributed by atoms with Gasteiger partial charge in [0.2, 0.25) is 0 Å². The van der Waals surface area contributed by atoms with Crippen LogP contribution < -0.4 is 4.74 Å². The largest absolute Gasteiger partial charge is 0.488 e. The Kier molecular flexibility index (Phi) is 5.24. The van der Waals surface area contributed by atoms with Gasteiger partial charge in [-0.15, -0.1) is 0 Å². The van der Waals surface area contributed by atoms with E-state index in [-0.39, 0.29) is 12.4 Å². The molecule has 0 spiro atoms. The molecule has 24 heavy (non-hydrogen) atoms. The topological polar surface area (TPSA) is 29.5 Å². The Morgan fingerprint density at radius 2 is 1.62 bits per heavy atom. The Hall–Kier alpha value is -2.65. The van der Waals surface area contributed by atoms with E-state index >= 15 is 0 Å². The standard InChI is InChI=1S/C21H19FO2/c22-20-11-10-17(14-18(20)12-13-23)19-8-4-5-9-21(19)24-15-16-6-2-1-3-7-16/h1-11,14,23H,12-13,15H2. The second-order valence-corrected chi connectivity index (χ2v) is 5.55. The number of aliphatic hydroxyl groups is 1. The van der Waals surface area contributed by atoms with Crippen molar-refractivity contribution >= 4 is 0 Å². The van der Waals surface area contributed by atoms with Crippen molar-refractivity contribution in [1.82, 2.24) is 0 Å². The average molecular weight is 322 g/mol. The van der Waals surface area contributed by atoms with Gasteiger partial charge in [0.05, 0.1) is 0 Å². The van der Waals surface area contributed by atoms with Gasteiger partial charge in [0, 0.05) is 12.2 Å². The second kappa shape index (κ2) is 7.75. The number of benzene rings is 3. The van der Waals surface area contributed by atoms with E-state index in [1.807, 2.05) is 54.6 Å². The molecule has 0 unspecified atom stereocenters. The zero-order valence-corrected chi connectivity index (χ0v) is 13.3. The Balaban J connectivity index is 1.87. The van der Waals surface area contributed by atoms with Gasteiger partial charge in [0.1, 0.15) is 18.2 Å². The first-order valence-electron chi connectivity index (χ1n) is 7.93. The Morgan fingerprint density at radius 3 is 2.42 bits per heavy atom. The number of para-hydroxylation sites is 1. The van der Waals surface area contributed by atoms with Crippen molar-refractivity contribution in [2.45, 2.75) is 13.0 Å². The summed E-state index contributed by atoms with van der Waals surface area (Å²) in [6.45, 7) is 0.398. The molecule has 0 aromatic heterocycles. The predicted molar refractivity (Wildman–Crippen MR) is 93.4 cm³/mol. The van der Waals surface area contributed by atoms with Gasteiger partial charge in [-0.3, -0.25) is 0 Å². The third-order valence-corrected chi connectivity index (χ3v) is 3.86. The van der Waals surface area contributed by atoms with Crippen LogP contribution in [0.25, 0.3) is 11.1 Å². The van der Waals surface area contributed by atoms with E-state index in [2.05, 4.69) is 0 Å². The van der Waals surface area contributed by atoms with Crippen molar-refractivity contribution in [3.05, 3.63) is 89.7 Å². The molecule has 0 aliphatic heterocycles. The molecule has 0 heterocycles. The summed E-state index contributed by atoms with van der Waals surface area (Å²) < 4.78 is 19.8. The highest BCUT2D eigenvalue weighted by atomic mass is 19.1. The minimum absolute atomic E-state index is 0.0769. The van der Waals surface area contributed by atoms with Crippen molar-refractivity contribution in [3.8, 4) is 16.9 Å². The predicted octanol–water partition coefficient (Wildman–Crippen LogP) is 4.61. The van der Waals surface area contributed by atoms with Crippen molar-refractivity contribution < 1.29 is 14.2 Å². The molecular formula is C21H19FO2. The van der Waals surface area contributed by atoms with Crippen LogP contribution in [-0.4, -0.2) is 11.7 Å². The van der Waals surface area contributed by atoms with Crippen LogP contribution in [0.3, 0.4) is 0 Å². The fraction of sp³-hybridized carbons (Fsp3) is 0.143. The lowest BCUT2D eigenvalue weighted by atomic mass is 10.0. The van der Waals surface area contributed by atoms with Gasteiger partial charge in [0.25, 0.3) is 0 Å². The molecule has 3 heteroatoms. The first kappa shape index (κ1) is 16.2. The summed E-state index contributed by atoms with van der Waals surface area (Å²) in [6.07, 6.45) is 0.298. The Morgan fingerprint density at radius 1 is 0.875 bits per heavy atom. The molecule has 1 N–H and O–H groups in total. The SMILES string of the molecule is OCCc1cc(-c2ccccc2OCc2ccccc2)ccc1F. The molecule has 3 aromatic rings. The molecule has 0 bridgehead atoms. The zero-order valence-electron chi connectivity index (χ0n) is 13.3. The van der Waals surface area contributed by atoms with Crippen LogP contribution in [0.2, 0.25) is 0 Å². The van der Waals surface area contributed by atoms with Crippen LogP contribution >= 0.6 is 0 Å². The number of hydrogen-bond donors (Lipinski definition) is 1. The van der Waals surface area contributed by atoms with E-state index in [4.69, 9.17) is 9.84 Å². The van der Waals surface area contributed by atoms with Crippen molar-refractivity contribution in [2.75, 3.05) is 6.61 Å². The number of hydrogen-bond acceptors (Lipinski definition) is 2. The Bertz CT molecular complexity index is 800. The van der Waals surface area contributed by atoms with Crippen molar-refractivity contribution in [1.29, 1.82) is 0 Å². The minimum Gasteiger partial charge on any atom is -0.488 e. The molecule has 122 valence electrons. The first-order valence-corrected chi connectivity index (χ1v) is 7.93. The second-order valence-electron chi connectivity index (χ2n) is 5.55. The summed E-state index contributed by atoms with van der Waals surface area (Å²) >= 11 is 0. The molecular weight excluding hydrogens is 303 g/mol. The highest BCUT2D eigenvalue weighted by Gasteiger charge is 2.09. The molecule has 3 rings (SSSR count). The maximum Gasteiger partial charge on any atom is 0.127 e. The van der Waals surface area contributed by atoms with E-state index < -0.39 is 0 Å². The lowest BCUT2D eigenvalue weighted by Gasteiger charge is -2.13. The molecule has 0 atom stereocenters.